The van der Waals surface area contributed by atoms with Crippen molar-refractivity contribution in [1.29, 1.82) is 0 Å². The standard InChI is InChI=1S/C19H21ClN4/c1-13-6-5-9-17-23-18(15-10-11-21-12-16(15)20)19(24(13)17)22-14-7-3-2-4-8-14/h5-6,9-12,14,22H,2-4,7-8H2,1H3. The Morgan fingerprint density at radius 2 is 2.00 bits per heavy atom. The second-order valence-corrected chi connectivity index (χ2v) is 6.91. The number of hydrogen-bond acceptors (Lipinski definition) is 3. The van der Waals surface area contributed by atoms with Gasteiger partial charge in [-0.25, -0.2) is 4.98 Å². The van der Waals surface area contributed by atoms with Crippen molar-refractivity contribution in [2.45, 2.75) is 45.1 Å². The highest BCUT2D eigenvalue weighted by Gasteiger charge is 2.21. The first-order valence-corrected chi connectivity index (χ1v) is 8.96. The lowest BCUT2D eigenvalue weighted by Crippen LogP contribution is -2.23. The fraction of sp³-hybridized carbons (Fsp3) is 0.368. The normalized spacial score (nSPS) is 15.8. The molecule has 3 heterocycles. The number of pyridine rings is 2. The van der Waals surface area contributed by atoms with Crippen molar-refractivity contribution in [3.63, 3.8) is 0 Å². The van der Waals surface area contributed by atoms with Gasteiger partial charge in [0.2, 0.25) is 0 Å². The van der Waals surface area contributed by atoms with Gasteiger partial charge in [-0.05, 0) is 38.0 Å². The number of nitrogens with zero attached hydrogens (tertiary/aromatic N) is 3. The van der Waals surface area contributed by atoms with E-state index in [-0.39, 0.29) is 0 Å². The van der Waals surface area contributed by atoms with Crippen LogP contribution in [-0.2, 0) is 0 Å². The Bertz CT molecular complexity index is 865. The quantitative estimate of drug-likeness (QED) is 0.721. The predicted molar refractivity (Wildman–Crippen MR) is 98.7 cm³/mol. The van der Waals surface area contributed by atoms with Gasteiger partial charge in [-0.2, -0.15) is 0 Å². The number of fused-ring (bicyclic) bond motifs is 1. The second kappa shape index (κ2) is 6.44. The molecule has 0 aromatic carbocycles. The maximum atomic E-state index is 6.40. The summed E-state index contributed by atoms with van der Waals surface area (Å²) in [6.45, 7) is 2.11. The van der Waals surface area contributed by atoms with Crippen molar-refractivity contribution in [1.82, 2.24) is 14.4 Å². The Labute approximate surface area is 146 Å². The number of halogens is 1. The van der Waals surface area contributed by atoms with E-state index in [0.29, 0.717) is 11.1 Å². The molecule has 3 aromatic heterocycles. The summed E-state index contributed by atoms with van der Waals surface area (Å²) < 4.78 is 2.20. The maximum absolute atomic E-state index is 6.40. The summed E-state index contributed by atoms with van der Waals surface area (Å²) >= 11 is 6.40. The molecule has 4 rings (SSSR count). The molecule has 0 bridgehead atoms. The van der Waals surface area contributed by atoms with E-state index in [0.717, 1.165) is 28.4 Å². The number of aromatic nitrogens is 3. The lowest BCUT2D eigenvalue weighted by Gasteiger charge is -2.24. The van der Waals surface area contributed by atoms with Crippen molar-refractivity contribution in [2.24, 2.45) is 0 Å². The van der Waals surface area contributed by atoms with E-state index in [1.54, 1.807) is 12.4 Å². The SMILES string of the molecule is Cc1cccc2nc(-c3ccncc3Cl)c(NC3CCCCC3)n12. The molecule has 0 radical (unpaired) electrons. The largest absolute Gasteiger partial charge is 0.367 e. The minimum atomic E-state index is 0.498. The van der Waals surface area contributed by atoms with E-state index < -0.39 is 0 Å². The van der Waals surface area contributed by atoms with E-state index in [1.807, 2.05) is 18.2 Å². The van der Waals surface area contributed by atoms with E-state index in [1.165, 1.54) is 32.1 Å². The van der Waals surface area contributed by atoms with Crippen LogP contribution in [0.3, 0.4) is 0 Å². The van der Waals surface area contributed by atoms with Gasteiger partial charge in [0.15, 0.2) is 0 Å². The molecule has 0 atom stereocenters. The highest BCUT2D eigenvalue weighted by Crippen LogP contribution is 2.35. The van der Waals surface area contributed by atoms with Gasteiger partial charge in [-0.15, -0.1) is 0 Å². The highest BCUT2D eigenvalue weighted by atomic mass is 35.5. The van der Waals surface area contributed by atoms with Gasteiger partial charge < -0.3 is 5.32 Å². The summed E-state index contributed by atoms with van der Waals surface area (Å²) in [6, 6.07) is 8.62. The van der Waals surface area contributed by atoms with Crippen LogP contribution in [0.1, 0.15) is 37.8 Å². The molecule has 4 nitrogen and oxygen atoms in total. The summed E-state index contributed by atoms with van der Waals surface area (Å²) in [7, 11) is 0. The van der Waals surface area contributed by atoms with Crippen molar-refractivity contribution >= 4 is 23.1 Å². The number of aryl methyl sites for hydroxylation is 1. The zero-order valence-electron chi connectivity index (χ0n) is 13.8. The monoisotopic (exact) mass is 340 g/mol. The lowest BCUT2D eigenvalue weighted by molar-refractivity contribution is 0.461. The molecule has 0 amide bonds. The highest BCUT2D eigenvalue weighted by molar-refractivity contribution is 6.33. The molecule has 0 unspecified atom stereocenters. The molecule has 3 aromatic rings. The zero-order chi connectivity index (χ0) is 16.5. The van der Waals surface area contributed by atoms with E-state index in [9.17, 15) is 0 Å². The third kappa shape index (κ3) is 2.75. The molecule has 0 aliphatic heterocycles. The topological polar surface area (TPSA) is 42.2 Å². The molecular weight excluding hydrogens is 320 g/mol. The van der Waals surface area contributed by atoms with Crippen LogP contribution in [0.15, 0.2) is 36.7 Å². The molecule has 0 saturated heterocycles. The van der Waals surface area contributed by atoms with Crippen LogP contribution in [0, 0.1) is 6.92 Å². The number of imidazole rings is 1. The summed E-state index contributed by atoms with van der Waals surface area (Å²) in [5.74, 6) is 1.04. The van der Waals surface area contributed by atoms with Crippen LogP contribution < -0.4 is 5.32 Å². The van der Waals surface area contributed by atoms with Gasteiger partial charge in [-0.3, -0.25) is 9.38 Å². The number of nitrogens with one attached hydrogen (secondary N) is 1. The van der Waals surface area contributed by atoms with Crippen molar-refractivity contribution in [3.05, 3.63) is 47.4 Å². The zero-order valence-corrected chi connectivity index (χ0v) is 14.6. The average Bonchev–Trinajstić information content (AvgIpc) is 2.96. The molecule has 5 heteroatoms. The van der Waals surface area contributed by atoms with Crippen molar-refractivity contribution < 1.29 is 0 Å². The van der Waals surface area contributed by atoms with Gasteiger partial charge in [0.25, 0.3) is 0 Å². The molecular formula is C19H21ClN4. The first-order valence-electron chi connectivity index (χ1n) is 8.58. The van der Waals surface area contributed by atoms with Gasteiger partial charge in [0.05, 0.1) is 5.02 Å². The molecule has 1 aliphatic carbocycles. The van der Waals surface area contributed by atoms with Gasteiger partial charge in [0.1, 0.15) is 17.2 Å². The van der Waals surface area contributed by atoms with Crippen LogP contribution in [0.4, 0.5) is 5.82 Å². The third-order valence-corrected chi connectivity index (χ3v) is 5.11. The Morgan fingerprint density at radius 1 is 1.17 bits per heavy atom. The van der Waals surface area contributed by atoms with Crippen LogP contribution in [0.5, 0.6) is 0 Å². The maximum Gasteiger partial charge on any atom is 0.139 e. The molecule has 1 aliphatic rings. The van der Waals surface area contributed by atoms with Crippen LogP contribution >= 0.6 is 11.6 Å². The van der Waals surface area contributed by atoms with E-state index in [2.05, 4.69) is 27.7 Å². The first-order chi connectivity index (χ1) is 11.7. The summed E-state index contributed by atoms with van der Waals surface area (Å²) in [5.41, 5.74) is 3.93. The molecule has 24 heavy (non-hydrogen) atoms. The fourth-order valence-electron chi connectivity index (χ4n) is 3.58. The van der Waals surface area contributed by atoms with Gasteiger partial charge >= 0.3 is 0 Å². The third-order valence-electron chi connectivity index (χ3n) is 4.81. The second-order valence-electron chi connectivity index (χ2n) is 6.50. The number of rotatable bonds is 3. The Hall–Kier alpha value is -2.07. The molecule has 124 valence electrons. The summed E-state index contributed by atoms with van der Waals surface area (Å²) in [5, 5.41) is 4.39. The van der Waals surface area contributed by atoms with E-state index in [4.69, 9.17) is 16.6 Å². The lowest BCUT2D eigenvalue weighted by atomic mass is 9.95. The molecule has 1 fully saturated rings. The smallest absolute Gasteiger partial charge is 0.139 e. The predicted octanol–water partition coefficient (Wildman–Crippen LogP) is 5.10. The van der Waals surface area contributed by atoms with Crippen LogP contribution in [0.2, 0.25) is 5.02 Å². The van der Waals surface area contributed by atoms with Gasteiger partial charge in [0, 0.05) is 29.7 Å². The number of hydrogen-bond donors (Lipinski definition) is 1. The first kappa shape index (κ1) is 15.5. The van der Waals surface area contributed by atoms with Gasteiger partial charge in [-0.1, -0.05) is 36.9 Å². The minimum Gasteiger partial charge on any atom is -0.367 e. The summed E-state index contributed by atoms with van der Waals surface area (Å²) in [6.07, 6.45) is 9.79. The van der Waals surface area contributed by atoms with Crippen molar-refractivity contribution in [2.75, 3.05) is 5.32 Å². The Morgan fingerprint density at radius 3 is 2.79 bits per heavy atom. The fourth-order valence-corrected chi connectivity index (χ4v) is 3.79. The minimum absolute atomic E-state index is 0.498. The van der Waals surface area contributed by atoms with E-state index >= 15 is 0 Å². The molecule has 1 saturated carbocycles. The Balaban J connectivity index is 1.87. The Kier molecular flexibility index (Phi) is 4.15. The number of anilines is 1. The average molecular weight is 341 g/mol. The van der Waals surface area contributed by atoms with Crippen LogP contribution in [0.25, 0.3) is 16.9 Å². The van der Waals surface area contributed by atoms with Crippen molar-refractivity contribution in [3.8, 4) is 11.3 Å². The molecule has 1 N–H and O–H groups in total. The van der Waals surface area contributed by atoms with Crippen LogP contribution in [-0.4, -0.2) is 20.4 Å². The summed E-state index contributed by atoms with van der Waals surface area (Å²) in [4.78, 5) is 8.96. The molecule has 0 spiro atoms.